The molecule has 92 valence electrons. The number of nitrogens with zero attached hydrogens (tertiary/aromatic N) is 2. The topological polar surface area (TPSA) is 45.2 Å². The minimum absolute atomic E-state index is 0.167. The predicted octanol–water partition coefficient (Wildman–Crippen LogP) is 1.58. The largest absolute Gasteiger partial charge is 0.354 e. The number of carbonyl (C=O) groups is 1. The van der Waals surface area contributed by atoms with Gasteiger partial charge < -0.3 is 10.2 Å². The third kappa shape index (κ3) is 3.19. The smallest absolute Gasteiger partial charge is 0.220 e. The Bertz CT molecular complexity index is 366. The molecule has 1 saturated heterocycles. The summed E-state index contributed by atoms with van der Waals surface area (Å²) < 4.78 is 0. The molecule has 0 aromatic carbocycles. The van der Waals surface area contributed by atoms with Crippen molar-refractivity contribution in [2.24, 2.45) is 0 Å². The minimum Gasteiger partial charge on any atom is -0.354 e. The molecule has 1 amide bonds. The minimum atomic E-state index is 0.167. The summed E-state index contributed by atoms with van der Waals surface area (Å²) >= 11 is 0. The molecule has 1 aliphatic rings. The number of rotatable bonds is 4. The molecule has 0 bridgehead atoms. The second-order valence-electron chi connectivity index (χ2n) is 4.44. The summed E-state index contributed by atoms with van der Waals surface area (Å²) in [5, 5.41) is 3.07. The molecule has 2 heterocycles. The van der Waals surface area contributed by atoms with Gasteiger partial charge >= 0.3 is 0 Å². The highest BCUT2D eigenvalue weighted by Crippen LogP contribution is 2.17. The van der Waals surface area contributed by atoms with Crippen LogP contribution in [0, 0.1) is 0 Å². The number of amides is 1. The zero-order valence-electron chi connectivity index (χ0n) is 10.2. The van der Waals surface area contributed by atoms with E-state index in [0.29, 0.717) is 6.42 Å². The summed E-state index contributed by atoms with van der Waals surface area (Å²) in [5.41, 5.74) is 0. The van der Waals surface area contributed by atoms with E-state index in [1.807, 2.05) is 25.1 Å². The Morgan fingerprint density at radius 2 is 2.47 bits per heavy atom. The number of hydrogen-bond donors (Lipinski definition) is 1. The third-order valence-electron chi connectivity index (χ3n) is 3.00. The molecule has 1 N–H and O–H groups in total. The van der Waals surface area contributed by atoms with Crippen LogP contribution in [0.4, 0.5) is 5.82 Å². The maximum absolute atomic E-state index is 11.5. The fraction of sp³-hybridized carbons (Fsp3) is 0.538. The van der Waals surface area contributed by atoms with Crippen molar-refractivity contribution in [3.63, 3.8) is 0 Å². The van der Waals surface area contributed by atoms with E-state index in [2.05, 4.69) is 15.2 Å². The van der Waals surface area contributed by atoms with Crippen molar-refractivity contribution < 1.29 is 4.79 Å². The molecule has 4 heteroatoms. The van der Waals surface area contributed by atoms with Crippen molar-refractivity contribution >= 4 is 11.7 Å². The van der Waals surface area contributed by atoms with Crippen molar-refractivity contribution in [3.05, 3.63) is 24.4 Å². The van der Waals surface area contributed by atoms with Crippen LogP contribution in [0.2, 0.25) is 0 Å². The van der Waals surface area contributed by atoms with Crippen molar-refractivity contribution in [2.45, 2.75) is 32.2 Å². The number of pyridine rings is 1. The molecule has 0 aliphatic carbocycles. The van der Waals surface area contributed by atoms with E-state index in [4.69, 9.17) is 0 Å². The van der Waals surface area contributed by atoms with Crippen LogP contribution in [-0.4, -0.2) is 30.0 Å². The van der Waals surface area contributed by atoms with Crippen molar-refractivity contribution in [3.8, 4) is 0 Å². The van der Waals surface area contributed by atoms with Crippen LogP contribution < -0.4 is 10.2 Å². The lowest BCUT2D eigenvalue weighted by Gasteiger charge is -2.17. The molecule has 1 aromatic rings. The first kappa shape index (κ1) is 11.9. The first-order chi connectivity index (χ1) is 8.29. The van der Waals surface area contributed by atoms with Crippen LogP contribution in [0.15, 0.2) is 24.4 Å². The highest BCUT2D eigenvalue weighted by atomic mass is 16.1. The van der Waals surface area contributed by atoms with E-state index in [1.54, 1.807) is 6.20 Å². The Labute approximate surface area is 102 Å². The lowest BCUT2D eigenvalue weighted by Crippen LogP contribution is -2.37. The summed E-state index contributed by atoms with van der Waals surface area (Å²) in [6, 6.07) is 6.19. The maximum atomic E-state index is 11.5. The summed E-state index contributed by atoms with van der Waals surface area (Å²) in [6.07, 6.45) is 4.34. The molecule has 0 spiro atoms. The van der Waals surface area contributed by atoms with Gasteiger partial charge in [-0.3, -0.25) is 4.79 Å². The van der Waals surface area contributed by atoms with Gasteiger partial charge in [0.25, 0.3) is 0 Å². The van der Waals surface area contributed by atoms with Gasteiger partial charge in [-0.25, -0.2) is 4.98 Å². The van der Waals surface area contributed by atoms with Crippen LogP contribution in [0.1, 0.15) is 26.2 Å². The molecular weight excluding hydrogens is 214 g/mol. The zero-order valence-corrected chi connectivity index (χ0v) is 10.2. The van der Waals surface area contributed by atoms with Gasteiger partial charge in [-0.05, 0) is 25.0 Å². The van der Waals surface area contributed by atoms with Crippen LogP contribution in [0.25, 0.3) is 0 Å². The summed E-state index contributed by atoms with van der Waals surface area (Å²) in [7, 11) is 0. The first-order valence-electron chi connectivity index (χ1n) is 6.25. The molecule has 1 atom stereocenters. The molecule has 1 aliphatic heterocycles. The van der Waals surface area contributed by atoms with Gasteiger partial charge in [-0.15, -0.1) is 0 Å². The highest BCUT2D eigenvalue weighted by Gasteiger charge is 2.24. The summed E-state index contributed by atoms with van der Waals surface area (Å²) in [4.78, 5) is 18.0. The maximum Gasteiger partial charge on any atom is 0.220 e. The zero-order chi connectivity index (χ0) is 12.1. The van der Waals surface area contributed by atoms with Gasteiger partial charge in [0.2, 0.25) is 5.91 Å². The average Bonchev–Trinajstić information content (AvgIpc) is 2.79. The molecule has 17 heavy (non-hydrogen) atoms. The van der Waals surface area contributed by atoms with Crippen molar-refractivity contribution in [1.82, 2.24) is 10.3 Å². The Balaban J connectivity index is 1.86. The number of aromatic nitrogens is 1. The quantitative estimate of drug-likeness (QED) is 0.858. The fourth-order valence-electron chi connectivity index (χ4n) is 2.15. The summed E-state index contributed by atoms with van der Waals surface area (Å²) in [5.74, 6) is 1.17. The first-order valence-corrected chi connectivity index (χ1v) is 6.25. The van der Waals surface area contributed by atoms with Crippen molar-refractivity contribution in [1.29, 1.82) is 0 Å². The van der Waals surface area contributed by atoms with Crippen LogP contribution in [0.3, 0.4) is 0 Å². The molecule has 1 aromatic heterocycles. The number of nitrogens with one attached hydrogen (secondary N) is 1. The van der Waals surface area contributed by atoms with Crippen LogP contribution in [0.5, 0.6) is 0 Å². The predicted molar refractivity (Wildman–Crippen MR) is 67.9 cm³/mol. The normalized spacial score (nSPS) is 19.4. The van der Waals surface area contributed by atoms with E-state index in [-0.39, 0.29) is 11.9 Å². The molecule has 2 rings (SSSR count). The van der Waals surface area contributed by atoms with E-state index in [1.165, 1.54) is 0 Å². The molecule has 1 unspecified atom stereocenters. The fourth-order valence-corrected chi connectivity index (χ4v) is 2.15. The van der Waals surface area contributed by atoms with E-state index in [0.717, 1.165) is 31.7 Å². The Kier molecular flexibility index (Phi) is 3.96. The van der Waals surface area contributed by atoms with Crippen molar-refractivity contribution in [2.75, 3.05) is 18.0 Å². The highest BCUT2D eigenvalue weighted by molar-refractivity contribution is 5.76. The average molecular weight is 233 g/mol. The SMILES string of the molecule is CCCC(=O)NC1CCN(c2ccccn2)C1. The monoisotopic (exact) mass is 233 g/mol. The molecular formula is C13H19N3O. The molecule has 1 fully saturated rings. The van der Waals surface area contributed by atoms with Gasteiger partial charge in [0, 0.05) is 31.7 Å². The molecule has 0 radical (unpaired) electrons. The van der Waals surface area contributed by atoms with E-state index in [9.17, 15) is 4.79 Å². The van der Waals surface area contributed by atoms with Gasteiger partial charge in [-0.2, -0.15) is 0 Å². The van der Waals surface area contributed by atoms with Crippen LogP contribution in [-0.2, 0) is 4.79 Å². The lowest BCUT2D eigenvalue weighted by atomic mass is 10.2. The Morgan fingerprint density at radius 3 is 3.18 bits per heavy atom. The summed E-state index contributed by atoms with van der Waals surface area (Å²) in [6.45, 7) is 3.86. The van der Waals surface area contributed by atoms with Gasteiger partial charge in [0.15, 0.2) is 0 Å². The molecule has 0 saturated carbocycles. The number of anilines is 1. The Morgan fingerprint density at radius 1 is 1.59 bits per heavy atom. The lowest BCUT2D eigenvalue weighted by molar-refractivity contribution is -0.121. The van der Waals surface area contributed by atoms with E-state index < -0.39 is 0 Å². The van der Waals surface area contributed by atoms with Gasteiger partial charge in [-0.1, -0.05) is 13.0 Å². The number of carbonyl (C=O) groups excluding carboxylic acids is 1. The number of hydrogen-bond acceptors (Lipinski definition) is 3. The van der Waals surface area contributed by atoms with Crippen LogP contribution >= 0.6 is 0 Å². The Hall–Kier alpha value is -1.58. The second kappa shape index (κ2) is 5.66. The van der Waals surface area contributed by atoms with Gasteiger partial charge in [0.05, 0.1) is 0 Å². The third-order valence-corrected chi connectivity index (χ3v) is 3.00. The van der Waals surface area contributed by atoms with E-state index >= 15 is 0 Å². The van der Waals surface area contributed by atoms with Gasteiger partial charge in [0.1, 0.15) is 5.82 Å². The second-order valence-corrected chi connectivity index (χ2v) is 4.44. The molecule has 4 nitrogen and oxygen atoms in total. The standard InChI is InChI=1S/C13H19N3O/c1-2-5-13(17)15-11-7-9-16(10-11)12-6-3-4-8-14-12/h3-4,6,8,11H,2,5,7,9-10H2,1H3,(H,15,17).